The zero-order chi connectivity index (χ0) is 12.4. The van der Waals surface area contributed by atoms with E-state index in [9.17, 15) is 0 Å². The SMILES string of the molecule is NC1CCC(CNc2ncnc3sccc23)CC1. The molecule has 2 aromatic rings. The van der Waals surface area contributed by atoms with Crippen molar-refractivity contribution < 1.29 is 0 Å². The van der Waals surface area contributed by atoms with Crippen LogP contribution in [0.3, 0.4) is 0 Å². The number of thiophene rings is 1. The summed E-state index contributed by atoms with van der Waals surface area (Å²) in [5.74, 6) is 1.70. The van der Waals surface area contributed by atoms with E-state index in [0.717, 1.165) is 41.3 Å². The summed E-state index contributed by atoms with van der Waals surface area (Å²) in [5, 5.41) is 6.67. The lowest BCUT2D eigenvalue weighted by Crippen LogP contribution is -2.29. The number of nitrogens with zero attached hydrogens (tertiary/aromatic N) is 2. The fourth-order valence-electron chi connectivity index (χ4n) is 2.56. The number of hydrogen-bond donors (Lipinski definition) is 2. The monoisotopic (exact) mass is 262 g/mol. The van der Waals surface area contributed by atoms with Crippen LogP contribution < -0.4 is 11.1 Å². The van der Waals surface area contributed by atoms with E-state index < -0.39 is 0 Å². The summed E-state index contributed by atoms with van der Waals surface area (Å²) in [7, 11) is 0. The molecular formula is C13H18N4S. The molecule has 0 aromatic carbocycles. The van der Waals surface area contributed by atoms with Gasteiger partial charge in [0.15, 0.2) is 0 Å². The second-order valence-corrected chi connectivity index (χ2v) is 5.92. The minimum atomic E-state index is 0.420. The van der Waals surface area contributed by atoms with E-state index in [0.29, 0.717) is 6.04 Å². The van der Waals surface area contributed by atoms with Crippen molar-refractivity contribution in [1.82, 2.24) is 9.97 Å². The van der Waals surface area contributed by atoms with Crippen molar-refractivity contribution in [1.29, 1.82) is 0 Å². The zero-order valence-corrected chi connectivity index (χ0v) is 11.1. The van der Waals surface area contributed by atoms with Crippen LogP contribution in [0.4, 0.5) is 5.82 Å². The van der Waals surface area contributed by atoms with E-state index in [4.69, 9.17) is 5.73 Å². The van der Waals surface area contributed by atoms with Gasteiger partial charge in [-0.05, 0) is 43.0 Å². The molecule has 1 saturated carbocycles. The summed E-state index contributed by atoms with van der Waals surface area (Å²) in [6.45, 7) is 0.995. The molecular weight excluding hydrogens is 244 g/mol. The first-order chi connectivity index (χ1) is 8.83. The van der Waals surface area contributed by atoms with Crippen molar-refractivity contribution >= 4 is 27.4 Å². The van der Waals surface area contributed by atoms with Gasteiger partial charge in [0, 0.05) is 12.6 Å². The number of aromatic nitrogens is 2. The van der Waals surface area contributed by atoms with Crippen LogP contribution in [0.5, 0.6) is 0 Å². The molecule has 0 unspecified atom stereocenters. The van der Waals surface area contributed by atoms with Crippen LogP contribution in [0.15, 0.2) is 17.8 Å². The van der Waals surface area contributed by atoms with Crippen LogP contribution in [-0.4, -0.2) is 22.6 Å². The van der Waals surface area contributed by atoms with Gasteiger partial charge in [0.25, 0.3) is 0 Å². The van der Waals surface area contributed by atoms with Crippen molar-refractivity contribution in [3.05, 3.63) is 17.8 Å². The molecule has 0 radical (unpaired) electrons. The summed E-state index contributed by atoms with van der Waals surface area (Å²) in [6, 6.07) is 2.50. The van der Waals surface area contributed by atoms with Crippen molar-refractivity contribution in [2.24, 2.45) is 11.7 Å². The van der Waals surface area contributed by atoms with Gasteiger partial charge in [-0.1, -0.05) is 0 Å². The second-order valence-electron chi connectivity index (χ2n) is 5.02. The van der Waals surface area contributed by atoms with Crippen LogP contribution in [-0.2, 0) is 0 Å². The van der Waals surface area contributed by atoms with Gasteiger partial charge in [0.05, 0.1) is 5.39 Å². The van der Waals surface area contributed by atoms with Gasteiger partial charge in [0.1, 0.15) is 17.0 Å². The van der Waals surface area contributed by atoms with E-state index in [-0.39, 0.29) is 0 Å². The van der Waals surface area contributed by atoms with E-state index in [1.807, 2.05) is 0 Å². The lowest BCUT2D eigenvalue weighted by molar-refractivity contribution is 0.338. The molecule has 1 fully saturated rings. The average Bonchev–Trinajstić information content (AvgIpc) is 2.87. The van der Waals surface area contributed by atoms with Gasteiger partial charge in [-0.3, -0.25) is 0 Å². The van der Waals surface area contributed by atoms with Gasteiger partial charge in [-0.2, -0.15) is 0 Å². The fraction of sp³-hybridized carbons (Fsp3) is 0.538. The first kappa shape index (κ1) is 11.9. The van der Waals surface area contributed by atoms with Crippen molar-refractivity contribution in [3.8, 4) is 0 Å². The van der Waals surface area contributed by atoms with Crippen molar-refractivity contribution in [2.75, 3.05) is 11.9 Å². The number of nitrogens with two attached hydrogens (primary N) is 1. The van der Waals surface area contributed by atoms with Gasteiger partial charge in [-0.25, -0.2) is 9.97 Å². The summed E-state index contributed by atoms with van der Waals surface area (Å²) in [4.78, 5) is 9.65. The van der Waals surface area contributed by atoms with Crippen molar-refractivity contribution in [2.45, 2.75) is 31.7 Å². The Morgan fingerprint density at radius 1 is 1.28 bits per heavy atom. The summed E-state index contributed by atoms with van der Waals surface area (Å²) >= 11 is 1.66. The fourth-order valence-corrected chi connectivity index (χ4v) is 3.30. The lowest BCUT2D eigenvalue weighted by atomic mass is 9.86. The molecule has 18 heavy (non-hydrogen) atoms. The highest BCUT2D eigenvalue weighted by Gasteiger charge is 2.18. The molecule has 1 aliphatic carbocycles. The third kappa shape index (κ3) is 2.47. The Labute approximate surface area is 111 Å². The molecule has 0 atom stereocenters. The first-order valence-corrected chi connectivity index (χ1v) is 7.38. The second kappa shape index (κ2) is 5.20. The molecule has 3 N–H and O–H groups in total. The van der Waals surface area contributed by atoms with Crippen LogP contribution in [0.2, 0.25) is 0 Å². The first-order valence-electron chi connectivity index (χ1n) is 6.50. The highest BCUT2D eigenvalue weighted by atomic mass is 32.1. The Morgan fingerprint density at radius 2 is 2.11 bits per heavy atom. The molecule has 2 aromatic heterocycles. The predicted octanol–water partition coefficient (Wildman–Crippen LogP) is 2.62. The molecule has 0 bridgehead atoms. The molecule has 2 heterocycles. The Bertz CT molecular complexity index is 516. The Hall–Kier alpha value is -1.20. The molecule has 3 rings (SSSR count). The maximum absolute atomic E-state index is 5.93. The largest absolute Gasteiger partial charge is 0.369 e. The Morgan fingerprint density at radius 3 is 2.94 bits per heavy atom. The molecule has 0 spiro atoms. The molecule has 1 aliphatic rings. The Balaban J connectivity index is 1.64. The Kier molecular flexibility index (Phi) is 3.43. The highest BCUT2D eigenvalue weighted by Crippen LogP contribution is 2.26. The van der Waals surface area contributed by atoms with Gasteiger partial charge < -0.3 is 11.1 Å². The minimum Gasteiger partial charge on any atom is -0.369 e. The molecule has 0 amide bonds. The molecule has 0 saturated heterocycles. The van der Waals surface area contributed by atoms with Crippen LogP contribution in [0.25, 0.3) is 10.2 Å². The van der Waals surface area contributed by atoms with Crippen LogP contribution in [0.1, 0.15) is 25.7 Å². The van der Waals surface area contributed by atoms with Crippen LogP contribution >= 0.6 is 11.3 Å². The molecule has 0 aliphatic heterocycles. The normalized spacial score (nSPS) is 24.3. The smallest absolute Gasteiger partial charge is 0.138 e. The number of nitrogens with one attached hydrogen (secondary N) is 1. The molecule has 96 valence electrons. The highest BCUT2D eigenvalue weighted by molar-refractivity contribution is 7.16. The lowest BCUT2D eigenvalue weighted by Gasteiger charge is -2.26. The van der Waals surface area contributed by atoms with E-state index in [1.54, 1.807) is 17.7 Å². The number of rotatable bonds is 3. The number of fused-ring (bicyclic) bond motifs is 1. The maximum atomic E-state index is 5.93. The van der Waals surface area contributed by atoms with Crippen LogP contribution in [0, 0.1) is 5.92 Å². The van der Waals surface area contributed by atoms with Crippen molar-refractivity contribution in [3.63, 3.8) is 0 Å². The number of hydrogen-bond acceptors (Lipinski definition) is 5. The van der Waals surface area contributed by atoms with E-state index in [1.165, 1.54) is 12.8 Å². The summed E-state index contributed by atoms with van der Waals surface area (Å²) < 4.78 is 0. The third-order valence-electron chi connectivity index (χ3n) is 3.71. The number of anilines is 1. The zero-order valence-electron chi connectivity index (χ0n) is 10.3. The quantitative estimate of drug-likeness (QED) is 0.892. The topological polar surface area (TPSA) is 63.8 Å². The maximum Gasteiger partial charge on any atom is 0.138 e. The standard InChI is InChI=1S/C13H18N4S/c14-10-3-1-9(2-4-10)7-15-12-11-5-6-18-13(11)17-8-16-12/h5-6,8-10H,1-4,7,14H2,(H,15,16,17). The van der Waals surface area contributed by atoms with E-state index >= 15 is 0 Å². The van der Waals surface area contributed by atoms with Gasteiger partial charge in [-0.15, -0.1) is 11.3 Å². The molecule has 5 heteroatoms. The summed E-state index contributed by atoms with van der Waals surface area (Å²) in [6.07, 6.45) is 6.41. The average molecular weight is 262 g/mol. The van der Waals surface area contributed by atoms with Gasteiger partial charge in [0.2, 0.25) is 0 Å². The summed E-state index contributed by atoms with van der Waals surface area (Å²) in [5.41, 5.74) is 5.93. The molecule has 4 nitrogen and oxygen atoms in total. The van der Waals surface area contributed by atoms with Gasteiger partial charge >= 0.3 is 0 Å². The minimum absolute atomic E-state index is 0.420. The van der Waals surface area contributed by atoms with E-state index in [2.05, 4.69) is 26.7 Å². The predicted molar refractivity (Wildman–Crippen MR) is 75.8 cm³/mol. The third-order valence-corrected chi connectivity index (χ3v) is 4.53.